The Balaban J connectivity index is 2.41. The van der Waals surface area contributed by atoms with E-state index in [-0.39, 0.29) is 6.10 Å². The summed E-state index contributed by atoms with van der Waals surface area (Å²) < 4.78 is 10.8. The summed E-state index contributed by atoms with van der Waals surface area (Å²) in [5.74, 6) is 0.435. The Hall–Kier alpha value is -1.27. The van der Waals surface area contributed by atoms with Crippen LogP contribution in [0.5, 0.6) is 5.88 Å². The van der Waals surface area contributed by atoms with Crippen LogP contribution in [0.15, 0.2) is 0 Å². The van der Waals surface area contributed by atoms with Crippen molar-refractivity contribution in [2.24, 2.45) is 5.73 Å². The van der Waals surface area contributed by atoms with E-state index in [0.29, 0.717) is 24.1 Å². The second-order valence-electron chi connectivity index (χ2n) is 4.15. The van der Waals surface area contributed by atoms with E-state index in [0.717, 1.165) is 29.7 Å². The standard InChI is InChI=1S/C12H17N3O2S/c1-3-8-9(4-2)14-15-12(10(8)11(13)18)17-7-5-16-6-7/h7H,3-6H2,1-2H3,(H2,13,18). The third-order valence-electron chi connectivity index (χ3n) is 2.95. The molecule has 0 aliphatic carbocycles. The quantitative estimate of drug-likeness (QED) is 0.803. The maximum absolute atomic E-state index is 5.80. The summed E-state index contributed by atoms with van der Waals surface area (Å²) in [6.45, 7) is 5.24. The van der Waals surface area contributed by atoms with Crippen molar-refractivity contribution in [1.82, 2.24) is 10.2 Å². The van der Waals surface area contributed by atoms with Gasteiger partial charge in [-0.15, -0.1) is 5.10 Å². The second kappa shape index (κ2) is 5.58. The minimum absolute atomic E-state index is 0.0320. The first-order valence-corrected chi connectivity index (χ1v) is 6.50. The van der Waals surface area contributed by atoms with Crippen LogP contribution < -0.4 is 10.5 Å². The maximum Gasteiger partial charge on any atom is 0.244 e. The Labute approximate surface area is 112 Å². The molecule has 2 heterocycles. The lowest BCUT2D eigenvalue weighted by molar-refractivity contribution is -0.0817. The van der Waals surface area contributed by atoms with Crippen LogP contribution in [0.4, 0.5) is 0 Å². The molecule has 2 N–H and O–H groups in total. The average Bonchev–Trinajstić information content (AvgIpc) is 2.32. The Morgan fingerprint density at radius 2 is 2.11 bits per heavy atom. The fraction of sp³-hybridized carbons (Fsp3) is 0.583. The van der Waals surface area contributed by atoms with Gasteiger partial charge >= 0.3 is 0 Å². The van der Waals surface area contributed by atoms with Crippen LogP contribution in [-0.2, 0) is 17.6 Å². The number of nitrogens with two attached hydrogens (primary N) is 1. The van der Waals surface area contributed by atoms with Gasteiger partial charge in [-0.3, -0.25) is 0 Å². The number of thiocarbonyl (C=S) groups is 1. The van der Waals surface area contributed by atoms with Crippen molar-refractivity contribution in [3.05, 3.63) is 16.8 Å². The van der Waals surface area contributed by atoms with Crippen LogP contribution in [-0.4, -0.2) is 34.5 Å². The molecule has 0 aromatic carbocycles. The van der Waals surface area contributed by atoms with Gasteiger partial charge in [0.25, 0.3) is 0 Å². The molecule has 0 amide bonds. The lowest BCUT2D eigenvalue weighted by atomic mass is 10.0. The minimum atomic E-state index is 0.0320. The number of rotatable bonds is 5. The molecule has 98 valence electrons. The molecule has 0 saturated carbocycles. The van der Waals surface area contributed by atoms with Crippen LogP contribution in [0.1, 0.15) is 30.7 Å². The van der Waals surface area contributed by atoms with Gasteiger partial charge in [0.2, 0.25) is 5.88 Å². The van der Waals surface area contributed by atoms with Gasteiger partial charge in [0.1, 0.15) is 11.1 Å². The maximum atomic E-state index is 5.80. The van der Waals surface area contributed by atoms with E-state index in [1.165, 1.54) is 0 Å². The topological polar surface area (TPSA) is 70.3 Å². The normalized spacial score (nSPS) is 15.2. The fourth-order valence-electron chi connectivity index (χ4n) is 1.93. The third-order valence-corrected chi connectivity index (χ3v) is 3.15. The van der Waals surface area contributed by atoms with Crippen molar-refractivity contribution in [2.75, 3.05) is 13.2 Å². The summed E-state index contributed by atoms with van der Waals surface area (Å²) in [7, 11) is 0. The first-order chi connectivity index (χ1) is 8.67. The van der Waals surface area contributed by atoms with Gasteiger partial charge in [-0.2, -0.15) is 5.10 Å². The number of ether oxygens (including phenoxy) is 2. The van der Waals surface area contributed by atoms with Crippen LogP contribution in [0.3, 0.4) is 0 Å². The molecule has 5 nitrogen and oxygen atoms in total. The molecule has 18 heavy (non-hydrogen) atoms. The van der Waals surface area contributed by atoms with Gasteiger partial charge in [-0.1, -0.05) is 26.1 Å². The van der Waals surface area contributed by atoms with E-state index >= 15 is 0 Å². The average molecular weight is 267 g/mol. The Morgan fingerprint density at radius 1 is 1.39 bits per heavy atom. The van der Waals surface area contributed by atoms with Crippen LogP contribution in [0.25, 0.3) is 0 Å². The molecule has 2 rings (SSSR count). The SMILES string of the molecule is CCc1nnc(OC2COC2)c(C(N)=S)c1CC. The van der Waals surface area contributed by atoms with Gasteiger partial charge < -0.3 is 15.2 Å². The Bertz CT molecular complexity index is 461. The first-order valence-electron chi connectivity index (χ1n) is 6.10. The Morgan fingerprint density at radius 3 is 2.56 bits per heavy atom. The highest BCUT2D eigenvalue weighted by molar-refractivity contribution is 7.80. The highest BCUT2D eigenvalue weighted by atomic mass is 32.1. The Kier molecular flexibility index (Phi) is 4.08. The van der Waals surface area contributed by atoms with E-state index in [1.54, 1.807) is 0 Å². The number of aromatic nitrogens is 2. The number of aryl methyl sites for hydroxylation is 1. The highest BCUT2D eigenvalue weighted by Crippen LogP contribution is 2.24. The summed E-state index contributed by atoms with van der Waals surface area (Å²) in [5.41, 5.74) is 8.50. The molecular weight excluding hydrogens is 250 g/mol. The lowest BCUT2D eigenvalue weighted by Crippen LogP contribution is -2.39. The minimum Gasteiger partial charge on any atom is -0.468 e. The number of hydrogen-bond donors (Lipinski definition) is 1. The van der Waals surface area contributed by atoms with Gasteiger partial charge in [0.05, 0.1) is 24.5 Å². The zero-order valence-corrected chi connectivity index (χ0v) is 11.4. The van der Waals surface area contributed by atoms with Gasteiger partial charge in [0.15, 0.2) is 0 Å². The smallest absolute Gasteiger partial charge is 0.244 e. The van der Waals surface area contributed by atoms with Crippen molar-refractivity contribution in [1.29, 1.82) is 0 Å². The van der Waals surface area contributed by atoms with Gasteiger partial charge in [-0.05, 0) is 18.4 Å². The molecule has 0 radical (unpaired) electrons. The molecule has 1 aliphatic heterocycles. The molecule has 0 atom stereocenters. The molecular formula is C12H17N3O2S. The molecule has 1 aliphatic rings. The van der Waals surface area contributed by atoms with Crippen LogP contribution in [0.2, 0.25) is 0 Å². The van der Waals surface area contributed by atoms with Gasteiger partial charge in [-0.25, -0.2) is 0 Å². The van der Waals surface area contributed by atoms with E-state index < -0.39 is 0 Å². The van der Waals surface area contributed by atoms with E-state index in [2.05, 4.69) is 10.2 Å². The van der Waals surface area contributed by atoms with Crippen molar-refractivity contribution < 1.29 is 9.47 Å². The molecule has 0 unspecified atom stereocenters. The van der Waals surface area contributed by atoms with Gasteiger partial charge in [0, 0.05) is 0 Å². The van der Waals surface area contributed by atoms with Crippen molar-refractivity contribution in [3.8, 4) is 5.88 Å². The zero-order chi connectivity index (χ0) is 13.1. The highest BCUT2D eigenvalue weighted by Gasteiger charge is 2.25. The fourth-order valence-corrected chi connectivity index (χ4v) is 2.14. The zero-order valence-electron chi connectivity index (χ0n) is 10.6. The van der Waals surface area contributed by atoms with Crippen LogP contribution in [0, 0.1) is 0 Å². The molecule has 1 aromatic rings. The molecule has 0 spiro atoms. The van der Waals surface area contributed by atoms with E-state index in [4.69, 9.17) is 27.4 Å². The van der Waals surface area contributed by atoms with Crippen molar-refractivity contribution >= 4 is 17.2 Å². The molecule has 6 heteroatoms. The third kappa shape index (κ3) is 2.44. The van der Waals surface area contributed by atoms with Crippen LogP contribution >= 0.6 is 12.2 Å². The largest absolute Gasteiger partial charge is 0.468 e. The summed E-state index contributed by atoms with van der Waals surface area (Å²) in [5, 5.41) is 8.30. The molecule has 1 saturated heterocycles. The van der Waals surface area contributed by atoms with E-state index in [1.807, 2.05) is 13.8 Å². The lowest BCUT2D eigenvalue weighted by Gasteiger charge is -2.27. The summed E-state index contributed by atoms with van der Waals surface area (Å²) in [6, 6.07) is 0. The van der Waals surface area contributed by atoms with Crippen molar-refractivity contribution in [3.63, 3.8) is 0 Å². The molecule has 0 bridgehead atoms. The predicted molar refractivity (Wildman–Crippen MR) is 71.9 cm³/mol. The number of nitrogens with zero attached hydrogens (tertiary/aromatic N) is 2. The van der Waals surface area contributed by atoms with E-state index in [9.17, 15) is 0 Å². The molecule has 1 aromatic heterocycles. The summed E-state index contributed by atoms with van der Waals surface area (Å²) in [6.07, 6.45) is 1.64. The first kappa shape index (κ1) is 13.2. The predicted octanol–water partition coefficient (Wildman–Crippen LogP) is 1.01. The monoisotopic (exact) mass is 267 g/mol. The molecule has 1 fully saturated rings. The van der Waals surface area contributed by atoms with Crippen molar-refractivity contribution in [2.45, 2.75) is 32.8 Å². The number of hydrogen-bond acceptors (Lipinski definition) is 5. The summed E-state index contributed by atoms with van der Waals surface area (Å²) in [4.78, 5) is 0.312. The second-order valence-corrected chi connectivity index (χ2v) is 4.59. The summed E-state index contributed by atoms with van der Waals surface area (Å²) >= 11 is 5.12.